The predicted molar refractivity (Wildman–Crippen MR) is 96.3 cm³/mol. The van der Waals surface area contributed by atoms with Crippen molar-refractivity contribution >= 4 is 24.0 Å². The summed E-state index contributed by atoms with van der Waals surface area (Å²) in [4.78, 5) is 23.8. The summed E-state index contributed by atoms with van der Waals surface area (Å²) in [6.45, 7) is 4.55. The Morgan fingerprint density at radius 2 is 1.79 bits per heavy atom. The number of benzene rings is 1. The second-order valence-corrected chi connectivity index (χ2v) is 10.1. The fourth-order valence-corrected chi connectivity index (χ4v) is 3.61. The van der Waals surface area contributed by atoms with Crippen LogP contribution in [0.25, 0.3) is 0 Å². The van der Waals surface area contributed by atoms with Crippen molar-refractivity contribution in [1.82, 2.24) is 0 Å². The first-order valence-corrected chi connectivity index (χ1v) is 11.2. The highest BCUT2D eigenvalue weighted by molar-refractivity contribution is 8.54. The number of carbonyl (C=O) groups is 1. The fraction of sp³-hybridized carbons (Fsp3) is 0.588. The lowest BCUT2D eigenvalue weighted by atomic mass is 10.0. The minimum absolute atomic E-state index is 0.0368. The molecular formula is C17H26O5PS-. The lowest BCUT2D eigenvalue weighted by Gasteiger charge is -2.23. The summed E-state index contributed by atoms with van der Waals surface area (Å²) >= 11 is 0.633. The van der Waals surface area contributed by atoms with E-state index in [2.05, 4.69) is 13.8 Å². The van der Waals surface area contributed by atoms with Crippen LogP contribution in [0.5, 0.6) is 5.75 Å². The molecule has 24 heavy (non-hydrogen) atoms. The van der Waals surface area contributed by atoms with Crippen molar-refractivity contribution in [3.05, 3.63) is 29.8 Å². The van der Waals surface area contributed by atoms with Gasteiger partial charge in [-0.2, -0.15) is 0 Å². The third kappa shape index (κ3) is 8.88. The summed E-state index contributed by atoms with van der Waals surface area (Å²) in [6.07, 6.45) is 1.35. The molecule has 0 aliphatic rings. The highest BCUT2D eigenvalue weighted by Crippen LogP contribution is 2.51. The van der Waals surface area contributed by atoms with Crippen LogP contribution in [0.4, 0.5) is 0 Å². The fourth-order valence-electron chi connectivity index (χ4n) is 1.83. The molecule has 136 valence electrons. The van der Waals surface area contributed by atoms with Gasteiger partial charge in [-0.15, -0.1) is 0 Å². The highest BCUT2D eigenvalue weighted by Gasteiger charge is 2.13. The number of hydrogen-bond donors (Lipinski definition) is 0. The van der Waals surface area contributed by atoms with Crippen LogP contribution in [-0.2, 0) is 9.30 Å². The maximum atomic E-state index is 11.9. The number of rotatable bonds is 11. The molecule has 1 aromatic carbocycles. The van der Waals surface area contributed by atoms with Crippen molar-refractivity contribution in [2.24, 2.45) is 11.8 Å². The SMILES string of the molecule is CC(C)CCOCSP(=O)([O-])Oc1ccc(C(=O)CC(C)C)cc1. The maximum absolute atomic E-state index is 11.9. The van der Waals surface area contributed by atoms with Gasteiger partial charge >= 0.3 is 0 Å². The van der Waals surface area contributed by atoms with Gasteiger partial charge in [-0.1, -0.05) is 27.7 Å². The molecule has 0 bridgehead atoms. The van der Waals surface area contributed by atoms with Crippen molar-refractivity contribution in [3.8, 4) is 5.75 Å². The Morgan fingerprint density at radius 3 is 2.33 bits per heavy atom. The molecule has 0 N–H and O–H groups in total. The van der Waals surface area contributed by atoms with Crippen LogP contribution >= 0.6 is 18.2 Å². The molecule has 0 fully saturated rings. The number of hydrogen-bond acceptors (Lipinski definition) is 6. The number of carbonyl (C=O) groups excluding carboxylic acids is 1. The van der Waals surface area contributed by atoms with Gasteiger partial charge in [0.15, 0.2) is 5.78 Å². The minimum Gasteiger partial charge on any atom is -0.761 e. The van der Waals surface area contributed by atoms with Crippen molar-refractivity contribution in [2.45, 2.75) is 40.5 Å². The normalized spacial score (nSPS) is 14.0. The van der Waals surface area contributed by atoms with Crippen molar-refractivity contribution < 1.29 is 23.5 Å². The summed E-state index contributed by atoms with van der Waals surface area (Å²) in [5, 5.41) is 0. The van der Waals surface area contributed by atoms with E-state index < -0.39 is 6.80 Å². The number of ether oxygens (including phenoxy) is 1. The first-order chi connectivity index (χ1) is 11.2. The largest absolute Gasteiger partial charge is 0.761 e. The Balaban J connectivity index is 2.46. The van der Waals surface area contributed by atoms with E-state index in [0.717, 1.165) is 6.42 Å². The third-order valence-electron chi connectivity index (χ3n) is 3.12. The van der Waals surface area contributed by atoms with Gasteiger partial charge in [-0.05, 0) is 53.9 Å². The molecule has 0 saturated heterocycles. The molecule has 7 heteroatoms. The lowest BCUT2D eigenvalue weighted by Crippen LogP contribution is -2.07. The Hall–Kier alpha value is -0.810. The van der Waals surface area contributed by atoms with Crippen LogP contribution in [0, 0.1) is 11.8 Å². The topological polar surface area (TPSA) is 75.7 Å². The maximum Gasteiger partial charge on any atom is 0.243 e. The molecule has 1 atom stereocenters. The smallest absolute Gasteiger partial charge is 0.243 e. The molecule has 0 aliphatic heterocycles. The standard InChI is InChI=1S/C17H27O5PS/c1-13(2)9-10-21-12-24-23(19,20)22-16-7-5-15(6-8-16)17(18)11-14(3)4/h5-8,13-14H,9-12H2,1-4H3,(H,19,20)/p-1. The van der Waals surface area contributed by atoms with Gasteiger partial charge in [-0.25, -0.2) is 0 Å². The minimum atomic E-state index is -4.08. The highest BCUT2D eigenvalue weighted by atomic mass is 32.7. The molecule has 0 spiro atoms. The van der Waals surface area contributed by atoms with E-state index in [1.54, 1.807) is 12.1 Å². The number of ketones is 1. The Kier molecular flexibility index (Phi) is 9.06. The summed E-state index contributed by atoms with van der Waals surface area (Å²) in [7, 11) is 0. The predicted octanol–water partition coefficient (Wildman–Crippen LogP) is 4.52. The van der Waals surface area contributed by atoms with Crippen LogP contribution in [0.1, 0.15) is 50.9 Å². The van der Waals surface area contributed by atoms with E-state index >= 15 is 0 Å². The number of Topliss-reactive ketones (excluding diaryl/α,β-unsaturated/α-hetero) is 1. The third-order valence-corrected chi connectivity index (χ3v) is 5.63. The molecule has 0 heterocycles. The van der Waals surface area contributed by atoms with Crippen LogP contribution in [0.3, 0.4) is 0 Å². The molecule has 0 amide bonds. The second-order valence-electron chi connectivity index (χ2n) is 6.42. The van der Waals surface area contributed by atoms with Crippen molar-refractivity contribution in [2.75, 3.05) is 12.5 Å². The first-order valence-electron chi connectivity index (χ1n) is 8.06. The zero-order chi connectivity index (χ0) is 18.2. The first kappa shape index (κ1) is 21.2. The van der Waals surface area contributed by atoms with Crippen molar-refractivity contribution in [3.63, 3.8) is 0 Å². The van der Waals surface area contributed by atoms with E-state index in [9.17, 15) is 14.3 Å². The van der Waals surface area contributed by atoms with Crippen LogP contribution in [0.15, 0.2) is 24.3 Å². The van der Waals surface area contributed by atoms with E-state index in [1.165, 1.54) is 12.1 Å². The van der Waals surface area contributed by atoms with Crippen LogP contribution in [0.2, 0.25) is 0 Å². The van der Waals surface area contributed by atoms with Gasteiger partial charge in [-0.3, -0.25) is 9.36 Å². The Morgan fingerprint density at radius 1 is 1.17 bits per heavy atom. The Labute approximate surface area is 148 Å². The van der Waals surface area contributed by atoms with Crippen LogP contribution in [-0.4, -0.2) is 18.3 Å². The van der Waals surface area contributed by atoms with Crippen LogP contribution < -0.4 is 9.42 Å². The summed E-state index contributed by atoms with van der Waals surface area (Å²) < 4.78 is 22.2. The average molecular weight is 373 g/mol. The second kappa shape index (κ2) is 10.2. The van der Waals surface area contributed by atoms with E-state index in [4.69, 9.17) is 9.26 Å². The molecule has 0 radical (unpaired) electrons. The quantitative estimate of drug-likeness (QED) is 0.246. The lowest BCUT2D eigenvalue weighted by molar-refractivity contribution is -0.182. The monoisotopic (exact) mass is 373 g/mol. The zero-order valence-corrected chi connectivity index (χ0v) is 16.4. The summed E-state index contributed by atoms with van der Waals surface area (Å²) in [5.41, 5.74) is 0.557. The molecular weight excluding hydrogens is 347 g/mol. The van der Waals surface area contributed by atoms with E-state index in [1.807, 2.05) is 13.8 Å². The molecule has 1 aromatic rings. The molecule has 1 rings (SSSR count). The Bertz CT molecular complexity index is 557. The van der Waals surface area contributed by atoms with Gasteiger partial charge < -0.3 is 14.2 Å². The van der Waals surface area contributed by atoms with E-state index in [0.29, 0.717) is 35.9 Å². The van der Waals surface area contributed by atoms with Gasteiger partial charge in [0.05, 0.1) is 0 Å². The molecule has 0 aliphatic carbocycles. The van der Waals surface area contributed by atoms with Gasteiger partial charge in [0.2, 0.25) is 6.80 Å². The molecule has 0 aromatic heterocycles. The zero-order valence-electron chi connectivity index (χ0n) is 14.7. The molecule has 0 saturated carbocycles. The summed E-state index contributed by atoms with van der Waals surface area (Å²) in [6, 6.07) is 6.17. The van der Waals surface area contributed by atoms with Gasteiger partial charge in [0.1, 0.15) is 11.7 Å². The summed E-state index contributed by atoms with van der Waals surface area (Å²) in [5.74, 6) is 1.07. The van der Waals surface area contributed by atoms with Gasteiger partial charge in [0, 0.05) is 18.6 Å². The van der Waals surface area contributed by atoms with Crippen molar-refractivity contribution in [1.29, 1.82) is 0 Å². The molecule has 1 unspecified atom stereocenters. The van der Waals surface area contributed by atoms with Gasteiger partial charge in [0.25, 0.3) is 0 Å². The molecule has 5 nitrogen and oxygen atoms in total. The average Bonchev–Trinajstić information content (AvgIpc) is 2.46. The van der Waals surface area contributed by atoms with E-state index in [-0.39, 0.29) is 23.4 Å².